The molecule has 0 spiro atoms. The molecular weight excluding hydrogens is 274 g/mol. The van der Waals surface area contributed by atoms with Gasteiger partial charge in [0.15, 0.2) is 5.78 Å². The number of ketones is 1. The van der Waals surface area contributed by atoms with Crippen LogP contribution in [0.4, 0.5) is 5.69 Å². The second kappa shape index (κ2) is 8.03. The van der Waals surface area contributed by atoms with Gasteiger partial charge in [-0.2, -0.15) is 0 Å². The molecule has 0 saturated heterocycles. The van der Waals surface area contributed by atoms with E-state index in [0.29, 0.717) is 5.56 Å². The van der Waals surface area contributed by atoms with Gasteiger partial charge in [-0.05, 0) is 37.6 Å². The van der Waals surface area contributed by atoms with E-state index in [4.69, 9.17) is 4.74 Å². The predicted molar refractivity (Wildman–Crippen MR) is 90.4 cm³/mol. The van der Waals surface area contributed by atoms with Crippen molar-refractivity contribution in [2.75, 3.05) is 11.9 Å². The van der Waals surface area contributed by atoms with Gasteiger partial charge in [0.05, 0.1) is 6.61 Å². The monoisotopic (exact) mass is 295 g/mol. The number of rotatable bonds is 7. The molecular formula is C19H21NO2. The topological polar surface area (TPSA) is 38.3 Å². The Balaban J connectivity index is 1.97. The van der Waals surface area contributed by atoms with Crippen LogP contribution in [0.5, 0.6) is 5.75 Å². The second-order valence-electron chi connectivity index (χ2n) is 5.06. The Morgan fingerprint density at radius 2 is 1.77 bits per heavy atom. The molecule has 0 amide bonds. The molecule has 0 aromatic heterocycles. The number of carbonyl (C=O) groups is 1. The van der Waals surface area contributed by atoms with Gasteiger partial charge in [0.25, 0.3) is 0 Å². The number of ether oxygens (including phenoxy) is 1. The van der Waals surface area contributed by atoms with Crippen LogP contribution in [-0.4, -0.2) is 12.4 Å². The molecule has 0 unspecified atom stereocenters. The predicted octanol–water partition coefficient (Wildman–Crippen LogP) is 4.67. The van der Waals surface area contributed by atoms with E-state index in [1.54, 1.807) is 6.08 Å². The maximum absolute atomic E-state index is 12.1. The average Bonchev–Trinajstić information content (AvgIpc) is 2.55. The quantitative estimate of drug-likeness (QED) is 0.595. The molecule has 0 aliphatic carbocycles. The van der Waals surface area contributed by atoms with E-state index in [9.17, 15) is 4.79 Å². The molecule has 2 aromatic rings. The van der Waals surface area contributed by atoms with Gasteiger partial charge in [0.1, 0.15) is 5.75 Å². The van der Waals surface area contributed by atoms with Crippen LogP contribution in [0.25, 0.3) is 0 Å². The molecule has 2 rings (SSSR count). The van der Waals surface area contributed by atoms with E-state index in [-0.39, 0.29) is 5.78 Å². The summed E-state index contributed by atoms with van der Waals surface area (Å²) in [4.78, 5) is 12.1. The van der Waals surface area contributed by atoms with Crippen molar-refractivity contribution in [3.63, 3.8) is 0 Å². The fourth-order valence-electron chi connectivity index (χ4n) is 2.00. The summed E-state index contributed by atoms with van der Waals surface area (Å²) < 4.78 is 5.54. The summed E-state index contributed by atoms with van der Waals surface area (Å²) in [6.07, 6.45) is 2.60. The van der Waals surface area contributed by atoms with Gasteiger partial charge in [-0.25, -0.2) is 0 Å². The van der Waals surface area contributed by atoms with Crippen molar-refractivity contribution in [1.82, 2.24) is 0 Å². The van der Waals surface area contributed by atoms with Gasteiger partial charge in [-0.15, -0.1) is 0 Å². The van der Waals surface area contributed by atoms with Gasteiger partial charge in [-0.1, -0.05) is 37.3 Å². The zero-order chi connectivity index (χ0) is 15.8. The third kappa shape index (κ3) is 4.77. The highest BCUT2D eigenvalue weighted by Gasteiger charge is 2.02. The molecule has 3 nitrogen and oxygen atoms in total. The lowest BCUT2D eigenvalue weighted by molar-refractivity contribution is 0.104. The number of carbonyl (C=O) groups excluding carboxylic acids is 1. The first-order valence-corrected chi connectivity index (χ1v) is 7.46. The average molecular weight is 295 g/mol. The molecule has 0 saturated carbocycles. The Bertz CT molecular complexity index is 630. The van der Waals surface area contributed by atoms with E-state index in [1.807, 2.05) is 61.5 Å². The molecule has 1 N–H and O–H groups in total. The van der Waals surface area contributed by atoms with Gasteiger partial charge in [0, 0.05) is 23.0 Å². The third-order valence-electron chi connectivity index (χ3n) is 3.07. The highest BCUT2D eigenvalue weighted by Crippen LogP contribution is 2.17. The first-order chi connectivity index (χ1) is 10.7. The van der Waals surface area contributed by atoms with Crippen molar-refractivity contribution in [1.29, 1.82) is 0 Å². The standard InChI is InChI=1S/C19H21NO2/c1-3-13-22-18-11-9-17(10-12-18)20-15(2)14-19(21)16-7-5-4-6-8-16/h4-12,14,20H,3,13H2,1-2H3. The van der Waals surface area contributed by atoms with Gasteiger partial charge >= 0.3 is 0 Å². The minimum atomic E-state index is -0.00602. The lowest BCUT2D eigenvalue weighted by Crippen LogP contribution is -2.01. The van der Waals surface area contributed by atoms with Crippen molar-refractivity contribution < 1.29 is 9.53 Å². The molecule has 0 bridgehead atoms. The number of allylic oxidation sites excluding steroid dienone is 2. The summed E-state index contributed by atoms with van der Waals surface area (Å²) in [6, 6.07) is 17.0. The smallest absolute Gasteiger partial charge is 0.187 e. The van der Waals surface area contributed by atoms with Crippen LogP contribution in [0, 0.1) is 0 Å². The fourth-order valence-corrected chi connectivity index (χ4v) is 2.00. The van der Waals surface area contributed by atoms with E-state index >= 15 is 0 Å². The number of hydrogen-bond donors (Lipinski definition) is 1. The SMILES string of the molecule is CCCOc1ccc(NC(C)=CC(=O)c2ccccc2)cc1. The summed E-state index contributed by atoms with van der Waals surface area (Å²) >= 11 is 0. The number of benzene rings is 2. The normalized spacial score (nSPS) is 11.1. The van der Waals surface area contributed by atoms with Crippen LogP contribution >= 0.6 is 0 Å². The van der Waals surface area contributed by atoms with Crippen LogP contribution in [0.15, 0.2) is 66.4 Å². The first-order valence-electron chi connectivity index (χ1n) is 7.46. The maximum atomic E-state index is 12.1. The molecule has 0 aliphatic rings. The van der Waals surface area contributed by atoms with E-state index in [2.05, 4.69) is 12.2 Å². The molecule has 114 valence electrons. The van der Waals surface area contributed by atoms with Crippen LogP contribution in [0.2, 0.25) is 0 Å². The van der Waals surface area contributed by atoms with Crippen molar-refractivity contribution in [2.24, 2.45) is 0 Å². The van der Waals surface area contributed by atoms with Crippen LogP contribution < -0.4 is 10.1 Å². The molecule has 3 heteroatoms. The van der Waals surface area contributed by atoms with E-state index in [1.165, 1.54) is 0 Å². The molecule has 2 aromatic carbocycles. The Morgan fingerprint density at radius 1 is 1.09 bits per heavy atom. The van der Waals surface area contributed by atoms with Crippen molar-refractivity contribution in [3.8, 4) is 5.75 Å². The molecule has 0 heterocycles. The Kier molecular flexibility index (Phi) is 5.78. The van der Waals surface area contributed by atoms with E-state index < -0.39 is 0 Å². The maximum Gasteiger partial charge on any atom is 0.187 e. The van der Waals surface area contributed by atoms with Crippen LogP contribution in [0.3, 0.4) is 0 Å². The molecule has 22 heavy (non-hydrogen) atoms. The fraction of sp³-hybridized carbons (Fsp3) is 0.211. The number of anilines is 1. The minimum Gasteiger partial charge on any atom is -0.494 e. The number of hydrogen-bond acceptors (Lipinski definition) is 3. The minimum absolute atomic E-state index is 0.00602. The van der Waals surface area contributed by atoms with Crippen molar-refractivity contribution in [2.45, 2.75) is 20.3 Å². The lowest BCUT2D eigenvalue weighted by atomic mass is 10.1. The Hall–Kier alpha value is -2.55. The summed E-state index contributed by atoms with van der Waals surface area (Å²) in [6.45, 7) is 4.67. The van der Waals surface area contributed by atoms with Gasteiger partial charge in [0.2, 0.25) is 0 Å². The summed E-state index contributed by atoms with van der Waals surface area (Å²) in [7, 11) is 0. The summed E-state index contributed by atoms with van der Waals surface area (Å²) in [5, 5.41) is 3.21. The largest absolute Gasteiger partial charge is 0.494 e. The highest BCUT2D eigenvalue weighted by atomic mass is 16.5. The lowest BCUT2D eigenvalue weighted by Gasteiger charge is -2.08. The molecule has 0 aliphatic heterocycles. The second-order valence-corrected chi connectivity index (χ2v) is 5.06. The van der Waals surface area contributed by atoms with Crippen molar-refractivity contribution >= 4 is 11.5 Å². The first kappa shape index (κ1) is 15.8. The highest BCUT2D eigenvalue weighted by molar-refractivity contribution is 6.05. The van der Waals surface area contributed by atoms with E-state index in [0.717, 1.165) is 30.2 Å². The Morgan fingerprint density at radius 3 is 2.41 bits per heavy atom. The summed E-state index contributed by atoms with van der Waals surface area (Å²) in [5.74, 6) is 0.850. The van der Waals surface area contributed by atoms with Crippen LogP contribution in [-0.2, 0) is 0 Å². The molecule has 0 radical (unpaired) electrons. The number of nitrogens with one attached hydrogen (secondary N) is 1. The third-order valence-corrected chi connectivity index (χ3v) is 3.07. The molecule has 0 fully saturated rings. The van der Waals surface area contributed by atoms with Crippen molar-refractivity contribution in [3.05, 3.63) is 71.9 Å². The zero-order valence-corrected chi connectivity index (χ0v) is 13.0. The molecule has 0 atom stereocenters. The summed E-state index contributed by atoms with van der Waals surface area (Å²) in [5.41, 5.74) is 2.42. The Labute approximate surface area is 131 Å². The van der Waals surface area contributed by atoms with Crippen LogP contribution in [0.1, 0.15) is 30.6 Å². The van der Waals surface area contributed by atoms with Gasteiger partial charge < -0.3 is 10.1 Å². The van der Waals surface area contributed by atoms with Gasteiger partial charge in [-0.3, -0.25) is 4.79 Å². The zero-order valence-electron chi connectivity index (χ0n) is 13.0.